The van der Waals surface area contributed by atoms with E-state index in [1.54, 1.807) is 6.20 Å². The van der Waals surface area contributed by atoms with E-state index in [1.807, 2.05) is 12.1 Å². The first-order valence-corrected chi connectivity index (χ1v) is 7.67. The molecule has 114 valence electrons. The van der Waals surface area contributed by atoms with Crippen LogP contribution in [0.5, 0.6) is 5.75 Å². The number of unbranched alkanes of at least 4 members (excludes halogenated alkanes) is 1. The van der Waals surface area contributed by atoms with Gasteiger partial charge in [-0.25, -0.2) is 4.98 Å². The van der Waals surface area contributed by atoms with Crippen LogP contribution in [0.3, 0.4) is 0 Å². The molecule has 0 saturated carbocycles. The van der Waals surface area contributed by atoms with Crippen LogP contribution in [0.1, 0.15) is 43.9 Å². The van der Waals surface area contributed by atoms with Crippen LogP contribution in [0.25, 0.3) is 0 Å². The van der Waals surface area contributed by atoms with Gasteiger partial charge in [0.05, 0.1) is 19.3 Å². The summed E-state index contributed by atoms with van der Waals surface area (Å²) in [5.41, 5.74) is 1.22. The van der Waals surface area contributed by atoms with Gasteiger partial charge in [-0.05, 0) is 24.1 Å². The van der Waals surface area contributed by atoms with E-state index in [9.17, 15) is 0 Å². The largest absolute Gasteiger partial charge is 0.494 e. The van der Waals surface area contributed by atoms with Crippen LogP contribution in [-0.4, -0.2) is 11.6 Å². The molecule has 1 aromatic carbocycles. The molecule has 0 bridgehead atoms. The molecule has 0 unspecified atom stereocenters. The summed E-state index contributed by atoms with van der Waals surface area (Å²) < 4.78 is 11.2. The van der Waals surface area contributed by atoms with Crippen molar-refractivity contribution < 1.29 is 9.15 Å². The molecule has 1 N–H and O–H groups in total. The fourth-order valence-electron chi connectivity index (χ4n) is 1.94. The molecule has 0 amide bonds. The number of ether oxygens (including phenoxy) is 1. The van der Waals surface area contributed by atoms with E-state index in [0.29, 0.717) is 6.54 Å². The average Bonchev–Trinajstić information content (AvgIpc) is 2.97. The van der Waals surface area contributed by atoms with Crippen molar-refractivity contribution in [1.82, 2.24) is 10.3 Å². The molecule has 0 spiro atoms. The SMILES string of the molecule is CCCCOc1ccc(CNCc2ncc(CC)o2)cc1. The normalized spacial score (nSPS) is 10.8. The number of aryl methyl sites for hydroxylation is 1. The molecule has 0 radical (unpaired) electrons. The lowest BCUT2D eigenvalue weighted by atomic mass is 10.2. The van der Waals surface area contributed by atoms with Gasteiger partial charge in [0.1, 0.15) is 11.5 Å². The van der Waals surface area contributed by atoms with E-state index in [4.69, 9.17) is 9.15 Å². The summed E-state index contributed by atoms with van der Waals surface area (Å²) in [7, 11) is 0. The zero-order valence-electron chi connectivity index (χ0n) is 12.9. The Morgan fingerprint density at radius 1 is 1.14 bits per heavy atom. The maximum atomic E-state index is 5.64. The van der Waals surface area contributed by atoms with Crippen molar-refractivity contribution in [2.75, 3.05) is 6.61 Å². The fraction of sp³-hybridized carbons (Fsp3) is 0.471. The molecular weight excluding hydrogens is 264 g/mol. The molecule has 21 heavy (non-hydrogen) atoms. The second-order valence-corrected chi connectivity index (χ2v) is 5.02. The zero-order valence-corrected chi connectivity index (χ0v) is 12.9. The summed E-state index contributed by atoms with van der Waals surface area (Å²) in [6.07, 6.45) is 4.92. The van der Waals surface area contributed by atoms with Gasteiger partial charge in [-0.3, -0.25) is 0 Å². The van der Waals surface area contributed by atoms with Gasteiger partial charge in [0.15, 0.2) is 0 Å². The molecular formula is C17H24N2O2. The first-order valence-electron chi connectivity index (χ1n) is 7.67. The lowest BCUT2D eigenvalue weighted by molar-refractivity contribution is 0.309. The van der Waals surface area contributed by atoms with Crippen molar-refractivity contribution in [2.45, 2.75) is 46.2 Å². The minimum atomic E-state index is 0.648. The van der Waals surface area contributed by atoms with Crippen LogP contribution in [0.4, 0.5) is 0 Å². The van der Waals surface area contributed by atoms with Crippen molar-refractivity contribution in [3.63, 3.8) is 0 Å². The molecule has 2 rings (SSSR count). The number of benzene rings is 1. The first kappa shape index (κ1) is 15.6. The number of hydrogen-bond acceptors (Lipinski definition) is 4. The van der Waals surface area contributed by atoms with Crippen LogP contribution in [0.15, 0.2) is 34.9 Å². The highest BCUT2D eigenvalue weighted by Crippen LogP contribution is 2.13. The number of nitrogens with one attached hydrogen (secondary N) is 1. The molecule has 0 aliphatic rings. The maximum Gasteiger partial charge on any atom is 0.208 e. The molecule has 0 aliphatic carbocycles. The average molecular weight is 288 g/mol. The van der Waals surface area contributed by atoms with E-state index < -0.39 is 0 Å². The maximum absolute atomic E-state index is 5.64. The Labute approximate surface area is 126 Å². The Hall–Kier alpha value is -1.81. The predicted octanol–water partition coefficient (Wildman–Crippen LogP) is 3.71. The highest BCUT2D eigenvalue weighted by atomic mass is 16.5. The Balaban J connectivity index is 1.73. The quantitative estimate of drug-likeness (QED) is 0.715. The van der Waals surface area contributed by atoms with E-state index >= 15 is 0 Å². The molecule has 1 aromatic heterocycles. The van der Waals surface area contributed by atoms with Crippen molar-refractivity contribution in [3.05, 3.63) is 47.7 Å². The Morgan fingerprint density at radius 2 is 1.95 bits per heavy atom. The third kappa shape index (κ3) is 5.23. The first-order chi connectivity index (χ1) is 10.3. The second-order valence-electron chi connectivity index (χ2n) is 5.02. The highest BCUT2D eigenvalue weighted by molar-refractivity contribution is 5.27. The molecule has 0 fully saturated rings. The van der Waals surface area contributed by atoms with Gasteiger partial charge in [-0.2, -0.15) is 0 Å². The molecule has 0 aliphatic heterocycles. The Bertz CT molecular complexity index is 520. The monoisotopic (exact) mass is 288 g/mol. The van der Waals surface area contributed by atoms with Crippen LogP contribution in [-0.2, 0) is 19.5 Å². The summed E-state index contributed by atoms with van der Waals surface area (Å²) in [6, 6.07) is 8.21. The second kappa shape index (κ2) is 8.47. The van der Waals surface area contributed by atoms with Gasteiger partial charge in [0.2, 0.25) is 5.89 Å². The third-order valence-corrected chi connectivity index (χ3v) is 3.25. The Morgan fingerprint density at radius 3 is 2.62 bits per heavy atom. The smallest absolute Gasteiger partial charge is 0.208 e. The van der Waals surface area contributed by atoms with Crippen LogP contribution in [0, 0.1) is 0 Å². The number of rotatable bonds is 9. The molecule has 4 heteroatoms. The molecule has 0 saturated heterocycles. The van der Waals surface area contributed by atoms with Gasteiger partial charge < -0.3 is 14.5 Å². The number of nitrogens with zero attached hydrogens (tertiary/aromatic N) is 1. The minimum absolute atomic E-state index is 0.648. The molecule has 1 heterocycles. The lowest BCUT2D eigenvalue weighted by Gasteiger charge is -2.07. The summed E-state index contributed by atoms with van der Waals surface area (Å²) in [5.74, 6) is 2.61. The number of aromatic nitrogens is 1. The Kier molecular flexibility index (Phi) is 6.28. The van der Waals surface area contributed by atoms with E-state index in [1.165, 1.54) is 5.56 Å². The van der Waals surface area contributed by atoms with Crippen molar-refractivity contribution in [2.24, 2.45) is 0 Å². The van der Waals surface area contributed by atoms with Crippen molar-refractivity contribution >= 4 is 0 Å². The van der Waals surface area contributed by atoms with Gasteiger partial charge >= 0.3 is 0 Å². The van der Waals surface area contributed by atoms with E-state index in [-0.39, 0.29) is 0 Å². The van der Waals surface area contributed by atoms with Crippen LogP contribution >= 0.6 is 0 Å². The standard InChI is InChI=1S/C17H24N2O2/c1-3-5-10-20-16-8-6-14(7-9-16)11-18-13-17-19-12-15(4-2)21-17/h6-9,12,18H,3-5,10-11,13H2,1-2H3. The third-order valence-electron chi connectivity index (χ3n) is 3.25. The number of hydrogen-bond donors (Lipinski definition) is 1. The van der Waals surface area contributed by atoms with Crippen LogP contribution in [0.2, 0.25) is 0 Å². The van der Waals surface area contributed by atoms with Gasteiger partial charge in [0.25, 0.3) is 0 Å². The lowest BCUT2D eigenvalue weighted by Crippen LogP contribution is -2.12. The van der Waals surface area contributed by atoms with Gasteiger partial charge in [-0.15, -0.1) is 0 Å². The topological polar surface area (TPSA) is 47.3 Å². The van der Waals surface area contributed by atoms with Crippen molar-refractivity contribution in [3.8, 4) is 5.75 Å². The summed E-state index contributed by atoms with van der Waals surface area (Å²) in [5, 5.41) is 3.33. The molecule has 0 atom stereocenters. The van der Waals surface area contributed by atoms with E-state index in [0.717, 1.165) is 49.8 Å². The van der Waals surface area contributed by atoms with Crippen LogP contribution < -0.4 is 10.1 Å². The number of oxazole rings is 1. The van der Waals surface area contributed by atoms with Gasteiger partial charge in [-0.1, -0.05) is 32.4 Å². The van der Waals surface area contributed by atoms with Gasteiger partial charge in [0, 0.05) is 13.0 Å². The fourth-order valence-corrected chi connectivity index (χ4v) is 1.94. The molecule has 2 aromatic rings. The summed E-state index contributed by atoms with van der Waals surface area (Å²) in [6.45, 7) is 6.45. The highest BCUT2D eigenvalue weighted by Gasteiger charge is 2.02. The minimum Gasteiger partial charge on any atom is -0.494 e. The summed E-state index contributed by atoms with van der Waals surface area (Å²) in [4.78, 5) is 4.22. The van der Waals surface area contributed by atoms with E-state index in [2.05, 4.69) is 36.3 Å². The zero-order chi connectivity index (χ0) is 14.9. The molecule has 4 nitrogen and oxygen atoms in total. The predicted molar refractivity (Wildman–Crippen MR) is 83.3 cm³/mol. The summed E-state index contributed by atoms with van der Waals surface area (Å²) >= 11 is 0. The van der Waals surface area contributed by atoms with Crippen molar-refractivity contribution in [1.29, 1.82) is 0 Å².